The van der Waals surface area contributed by atoms with E-state index < -0.39 is 0 Å². The Morgan fingerprint density at radius 3 is 2.68 bits per heavy atom. The Labute approximate surface area is 115 Å². The Kier molecular flexibility index (Phi) is 4.83. The van der Waals surface area contributed by atoms with Gasteiger partial charge in [0, 0.05) is 18.2 Å². The number of carbonyl (C=O) groups is 1. The minimum Gasteiger partial charge on any atom is -0.497 e. The van der Waals surface area contributed by atoms with Crippen LogP contribution in [-0.4, -0.2) is 30.5 Å². The molecular formula is C16H23NO2. The summed E-state index contributed by atoms with van der Waals surface area (Å²) in [6.07, 6.45) is 6.08. The molecule has 0 unspecified atom stereocenters. The van der Waals surface area contributed by atoms with Crippen LogP contribution in [0.5, 0.6) is 5.75 Å². The molecule has 0 heterocycles. The smallest absolute Gasteiger partial charge is 0.254 e. The lowest BCUT2D eigenvalue weighted by atomic mass is 9.93. The molecule has 0 spiro atoms. The third-order valence-electron chi connectivity index (χ3n) is 3.93. The zero-order chi connectivity index (χ0) is 13.7. The third-order valence-corrected chi connectivity index (χ3v) is 3.93. The normalized spacial score (nSPS) is 16.1. The summed E-state index contributed by atoms with van der Waals surface area (Å²) in [6.45, 7) is 2.84. The maximum atomic E-state index is 12.6. The fraction of sp³-hybridized carbons (Fsp3) is 0.562. The Bertz CT molecular complexity index is 425. The number of hydrogen-bond donors (Lipinski definition) is 0. The van der Waals surface area contributed by atoms with E-state index in [1.54, 1.807) is 7.11 Å². The first-order valence-corrected chi connectivity index (χ1v) is 7.21. The van der Waals surface area contributed by atoms with Crippen LogP contribution in [0.15, 0.2) is 24.3 Å². The molecule has 0 aliphatic heterocycles. The molecule has 1 aromatic rings. The molecule has 0 bridgehead atoms. The van der Waals surface area contributed by atoms with E-state index in [2.05, 4.69) is 6.92 Å². The fourth-order valence-corrected chi connectivity index (χ4v) is 2.88. The van der Waals surface area contributed by atoms with Gasteiger partial charge in [0.1, 0.15) is 5.75 Å². The molecule has 0 saturated heterocycles. The lowest BCUT2D eigenvalue weighted by molar-refractivity contribution is 0.0647. The van der Waals surface area contributed by atoms with Crippen molar-refractivity contribution in [2.45, 2.75) is 45.1 Å². The summed E-state index contributed by atoms with van der Waals surface area (Å²) in [6, 6.07) is 7.86. The second-order valence-corrected chi connectivity index (χ2v) is 5.11. The number of hydrogen-bond acceptors (Lipinski definition) is 2. The number of methoxy groups -OCH3 is 1. The fourth-order valence-electron chi connectivity index (χ4n) is 2.88. The second-order valence-electron chi connectivity index (χ2n) is 5.11. The van der Waals surface area contributed by atoms with Crippen molar-refractivity contribution in [2.75, 3.05) is 13.7 Å². The molecule has 2 rings (SSSR count). The third kappa shape index (κ3) is 3.28. The Balaban J connectivity index is 2.14. The van der Waals surface area contributed by atoms with Crippen LogP contribution in [0.4, 0.5) is 0 Å². The predicted molar refractivity (Wildman–Crippen MR) is 76.6 cm³/mol. The van der Waals surface area contributed by atoms with Gasteiger partial charge in [0.05, 0.1) is 7.11 Å². The van der Waals surface area contributed by atoms with E-state index in [1.807, 2.05) is 29.2 Å². The summed E-state index contributed by atoms with van der Waals surface area (Å²) < 4.78 is 5.19. The predicted octanol–water partition coefficient (Wildman–Crippen LogP) is 3.49. The van der Waals surface area contributed by atoms with Gasteiger partial charge in [-0.2, -0.15) is 0 Å². The zero-order valence-electron chi connectivity index (χ0n) is 11.9. The number of ether oxygens (including phenoxy) is 1. The number of amides is 1. The van der Waals surface area contributed by atoms with Crippen LogP contribution in [0, 0.1) is 0 Å². The molecule has 1 saturated carbocycles. The quantitative estimate of drug-likeness (QED) is 0.830. The van der Waals surface area contributed by atoms with Gasteiger partial charge < -0.3 is 9.64 Å². The standard InChI is InChI=1S/C16H23NO2/c1-3-17(14-9-5-4-6-10-14)16(18)13-8-7-11-15(12-13)19-2/h7-8,11-12,14H,3-6,9-10H2,1-2H3. The molecular weight excluding hydrogens is 238 g/mol. The molecule has 1 aliphatic carbocycles. The van der Waals surface area contributed by atoms with E-state index >= 15 is 0 Å². The molecule has 1 amide bonds. The summed E-state index contributed by atoms with van der Waals surface area (Å²) in [4.78, 5) is 14.6. The maximum absolute atomic E-state index is 12.6. The van der Waals surface area contributed by atoms with E-state index in [1.165, 1.54) is 19.3 Å². The molecule has 0 N–H and O–H groups in total. The highest BCUT2D eigenvalue weighted by molar-refractivity contribution is 5.94. The van der Waals surface area contributed by atoms with E-state index in [-0.39, 0.29) is 5.91 Å². The molecule has 1 fully saturated rings. The molecule has 3 nitrogen and oxygen atoms in total. The van der Waals surface area contributed by atoms with Crippen molar-refractivity contribution in [3.05, 3.63) is 29.8 Å². The van der Waals surface area contributed by atoms with Gasteiger partial charge in [-0.05, 0) is 38.0 Å². The molecule has 0 radical (unpaired) electrons. The van der Waals surface area contributed by atoms with Gasteiger partial charge in [-0.3, -0.25) is 4.79 Å². The lowest BCUT2D eigenvalue weighted by Crippen LogP contribution is -2.41. The average Bonchev–Trinajstić information content (AvgIpc) is 2.49. The van der Waals surface area contributed by atoms with Crippen molar-refractivity contribution in [3.8, 4) is 5.75 Å². The SMILES string of the molecule is CCN(C(=O)c1cccc(OC)c1)C1CCCCC1. The van der Waals surface area contributed by atoms with E-state index in [9.17, 15) is 4.79 Å². The van der Waals surface area contributed by atoms with Crippen LogP contribution in [0.1, 0.15) is 49.4 Å². The Morgan fingerprint density at radius 2 is 2.05 bits per heavy atom. The first kappa shape index (κ1) is 13.9. The molecule has 0 aromatic heterocycles. The zero-order valence-corrected chi connectivity index (χ0v) is 11.9. The lowest BCUT2D eigenvalue weighted by Gasteiger charge is -2.33. The number of benzene rings is 1. The molecule has 0 atom stereocenters. The summed E-state index contributed by atoms with van der Waals surface area (Å²) in [5.41, 5.74) is 0.728. The molecule has 1 aromatic carbocycles. The van der Waals surface area contributed by atoms with Gasteiger partial charge in [0.15, 0.2) is 0 Å². The van der Waals surface area contributed by atoms with Crippen LogP contribution in [0.25, 0.3) is 0 Å². The topological polar surface area (TPSA) is 29.5 Å². The van der Waals surface area contributed by atoms with Gasteiger partial charge in [0.2, 0.25) is 0 Å². The average molecular weight is 261 g/mol. The van der Waals surface area contributed by atoms with Gasteiger partial charge in [0.25, 0.3) is 5.91 Å². The summed E-state index contributed by atoms with van der Waals surface area (Å²) in [7, 11) is 1.63. The van der Waals surface area contributed by atoms with Crippen LogP contribution >= 0.6 is 0 Å². The van der Waals surface area contributed by atoms with Crippen LogP contribution in [0.2, 0.25) is 0 Å². The van der Waals surface area contributed by atoms with E-state index in [4.69, 9.17) is 4.74 Å². The molecule has 104 valence electrons. The highest BCUT2D eigenvalue weighted by Crippen LogP contribution is 2.24. The van der Waals surface area contributed by atoms with Crippen LogP contribution < -0.4 is 4.74 Å². The van der Waals surface area contributed by atoms with Gasteiger partial charge in [-0.15, -0.1) is 0 Å². The van der Waals surface area contributed by atoms with Gasteiger partial charge >= 0.3 is 0 Å². The Morgan fingerprint density at radius 1 is 1.32 bits per heavy atom. The van der Waals surface area contributed by atoms with Crippen LogP contribution in [-0.2, 0) is 0 Å². The first-order valence-electron chi connectivity index (χ1n) is 7.21. The second kappa shape index (κ2) is 6.60. The Hall–Kier alpha value is -1.51. The van der Waals surface area contributed by atoms with Crippen molar-refractivity contribution in [2.24, 2.45) is 0 Å². The monoisotopic (exact) mass is 261 g/mol. The largest absolute Gasteiger partial charge is 0.497 e. The number of nitrogens with zero attached hydrogens (tertiary/aromatic N) is 1. The van der Waals surface area contributed by atoms with Crippen molar-refractivity contribution >= 4 is 5.91 Å². The van der Waals surface area contributed by atoms with Gasteiger partial charge in [-0.1, -0.05) is 25.3 Å². The van der Waals surface area contributed by atoms with Crippen molar-refractivity contribution < 1.29 is 9.53 Å². The van der Waals surface area contributed by atoms with Crippen LogP contribution in [0.3, 0.4) is 0 Å². The molecule has 3 heteroatoms. The number of rotatable bonds is 4. The highest BCUT2D eigenvalue weighted by Gasteiger charge is 2.24. The van der Waals surface area contributed by atoms with E-state index in [0.717, 1.165) is 30.7 Å². The highest BCUT2D eigenvalue weighted by atomic mass is 16.5. The summed E-state index contributed by atoms with van der Waals surface area (Å²) >= 11 is 0. The molecule has 19 heavy (non-hydrogen) atoms. The first-order chi connectivity index (χ1) is 9.26. The summed E-state index contributed by atoms with van der Waals surface area (Å²) in [5, 5.41) is 0. The van der Waals surface area contributed by atoms with E-state index in [0.29, 0.717) is 6.04 Å². The minimum absolute atomic E-state index is 0.133. The van der Waals surface area contributed by atoms with Crippen molar-refractivity contribution in [1.82, 2.24) is 4.90 Å². The maximum Gasteiger partial charge on any atom is 0.254 e. The van der Waals surface area contributed by atoms with Crippen molar-refractivity contribution in [3.63, 3.8) is 0 Å². The number of carbonyl (C=O) groups excluding carboxylic acids is 1. The van der Waals surface area contributed by atoms with Gasteiger partial charge in [-0.25, -0.2) is 0 Å². The van der Waals surface area contributed by atoms with Crippen molar-refractivity contribution in [1.29, 1.82) is 0 Å². The summed E-state index contributed by atoms with van der Waals surface area (Å²) in [5.74, 6) is 0.874. The molecule has 1 aliphatic rings. The minimum atomic E-state index is 0.133.